The molecule has 0 aromatic heterocycles. The molecule has 0 fully saturated rings. The molecule has 0 atom stereocenters. The quantitative estimate of drug-likeness (QED) is 0.463. The van der Waals surface area contributed by atoms with Crippen LogP contribution in [0.5, 0.6) is 0 Å². The summed E-state index contributed by atoms with van der Waals surface area (Å²) >= 11 is 1.39. The monoisotopic (exact) mass is 465 g/mol. The molecule has 0 amide bonds. The van der Waals surface area contributed by atoms with Crippen molar-refractivity contribution in [2.75, 3.05) is 26.2 Å². The molecule has 0 saturated carbocycles. The molecule has 4 nitrogen and oxygen atoms in total. The Morgan fingerprint density at radius 2 is 1.84 bits per heavy atom. The van der Waals surface area contributed by atoms with Crippen LogP contribution in [-0.2, 0) is 24.1 Å². The molecule has 0 rings (SSSR count). The third kappa shape index (κ3) is 9.62. The average Bonchev–Trinajstić information content (AvgIpc) is 2.34. The van der Waals surface area contributed by atoms with Crippen LogP contribution in [0.15, 0.2) is 0 Å². The third-order valence-corrected chi connectivity index (χ3v) is 8.07. The van der Waals surface area contributed by atoms with E-state index in [4.69, 9.17) is 13.6 Å². The maximum absolute atomic E-state index is 8.55. The summed E-state index contributed by atoms with van der Waals surface area (Å²) in [6.45, 7) is 18.3. The molecular weight excluding hydrogens is 437 g/mol. The number of rotatable bonds is 7. The van der Waals surface area contributed by atoms with Gasteiger partial charge in [-0.3, -0.25) is 0 Å². The molecule has 0 aliphatic rings. The molecule has 116 valence electrons. The first-order valence-electron chi connectivity index (χ1n) is 6.43. The van der Waals surface area contributed by atoms with Gasteiger partial charge in [-0.2, -0.15) is 5.26 Å². The van der Waals surface area contributed by atoms with Crippen LogP contribution in [0.25, 0.3) is 0 Å². The summed E-state index contributed by atoms with van der Waals surface area (Å²) < 4.78 is 11.8. The van der Waals surface area contributed by atoms with Gasteiger partial charge in [0, 0.05) is 26.1 Å². The predicted molar refractivity (Wildman–Crippen MR) is 77.9 cm³/mol. The molecule has 0 unspecified atom stereocenters. The second-order valence-corrected chi connectivity index (χ2v) is 10.7. The molecule has 0 heterocycles. The Bertz CT molecular complexity index is 274. The first-order valence-corrected chi connectivity index (χ1v) is 10.5. The number of nitriles is 1. The zero-order valence-electron chi connectivity index (χ0n) is 12.9. The molecule has 0 aliphatic carbocycles. The van der Waals surface area contributed by atoms with Gasteiger partial charge in [0.05, 0.1) is 6.07 Å². The SMILES string of the molecule is [CH2-]CN(CCC#N)CCO[Si](C)(C)C(C)(C)C.[NH]=[Pt]. The summed E-state index contributed by atoms with van der Waals surface area (Å²) in [7, 11) is -1.63. The van der Waals surface area contributed by atoms with Crippen LogP contribution in [0.4, 0.5) is 0 Å². The van der Waals surface area contributed by atoms with Crippen molar-refractivity contribution in [1.29, 1.82) is 9.17 Å². The van der Waals surface area contributed by atoms with Crippen molar-refractivity contribution in [3.8, 4) is 6.07 Å². The van der Waals surface area contributed by atoms with E-state index >= 15 is 0 Å². The van der Waals surface area contributed by atoms with Crippen molar-refractivity contribution in [2.24, 2.45) is 0 Å². The standard InChI is InChI=1S/C13H27N2OSi.HN.Pt/c1-7-15(10-8-9-14)11-12-16-17(5,6)13(2,3)4;;/h1,7-8,10-12H2,2-6H3;1H;/q-1;;. The molecular formula is C13H28N3OPtSi-. The number of hydrogen-bond acceptors (Lipinski definition) is 4. The van der Waals surface area contributed by atoms with E-state index in [9.17, 15) is 0 Å². The molecule has 0 aromatic carbocycles. The van der Waals surface area contributed by atoms with Crippen LogP contribution < -0.4 is 0 Å². The summed E-state index contributed by atoms with van der Waals surface area (Å²) in [5, 5.41) is 8.81. The Kier molecular flexibility index (Phi) is 12.2. The van der Waals surface area contributed by atoms with E-state index in [0.29, 0.717) is 6.42 Å². The van der Waals surface area contributed by atoms with E-state index in [2.05, 4.69) is 51.8 Å². The molecule has 19 heavy (non-hydrogen) atoms. The van der Waals surface area contributed by atoms with Gasteiger partial charge in [-0.15, -0.1) is 6.54 Å². The van der Waals surface area contributed by atoms with Crippen molar-refractivity contribution in [1.82, 2.24) is 4.90 Å². The first-order chi connectivity index (χ1) is 8.74. The summed E-state index contributed by atoms with van der Waals surface area (Å²) in [6.07, 6.45) is 0.565. The molecule has 6 heteroatoms. The maximum atomic E-state index is 8.55. The van der Waals surface area contributed by atoms with Gasteiger partial charge in [-0.05, 0) is 18.1 Å². The summed E-state index contributed by atoms with van der Waals surface area (Å²) in [5.74, 6) is 0. The van der Waals surface area contributed by atoms with Gasteiger partial charge in [0.15, 0.2) is 8.32 Å². The Balaban J connectivity index is 0. The van der Waals surface area contributed by atoms with Crippen LogP contribution in [0.3, 0.4) is 0 Å². The molecule has 0 radical (unpaired) electrons. The Morgan fingerprint density at radius 3 is 2.21 bits per heavy atom. The summed E-state index contributed by atoms with van der Waals surface area (Å²) in [4.78, 5) is 2.16. The Labute approximate surface area is 131 Å². The molecule has 0 aliphatic heterocycles. The summed E-state index contributed by atoms with van der Waals surface area (Å²) in [5.41, 5.74) is 0. The van der Waals surface area contributed by atoms with Crippen LogP contribution in [-0.4, -0.2) is 39.5 Å². The molecule has 1 N–H and O–H groups in total. The fourth-order valence-corrected chi connectivity index (χ4v) is 2.22. The van der Waals surface area contributed by atoms with E-state index < -0.39 is 8.32 Å². The third-order valence-electron chi connectivity index (χ3n) is 3.53. The normalized spacial score (nSPS) is 11.8. The van der Waals surface area contributed by atoms with E-state index in [0.717, 1.165) is 26.2 Å². The fourth-order valence-electron chi connectivity index (χ4n) is 1.19. The zero-order valence-corrected chi connectivity index (χ0v) is 16.1. The molecule has 0 saturated heterocycles. The van der Waals surface area contributed by atoms with Crippen molar-refractivity contribution in [3.05, 3.63) is 6.92 Å². The minimum absolute atomic E-state index is 0.259. The van der Waals surface area contributed by atoms with Gasteiger partial charge in [-0.1, -0.05) is 20.8 Å². The first kappa shape index (κ1) is 21.4. The summed E-state index contributed by atoms with van der Waals surface area (Å²) in [6, 6.07) is 2.16. The van der Waals surface area contributed by atoms with Crippen molar-refractivity contribution in [2.45, 2.75) is 45.3 Å². The Hall–Kier alpha value is 0.115. The number of hydrogen-bond donors (Lipinski definition) is 1. The van der Waals surface area contributed by atoms with Crippen LogP contribution in [0.1, 0.15) is 27.2 Å². The van der Waals surface area contributed by atoms with Gasteiger partial charge >= 0.3 is 23.5 Å². The minimum atomic E-state index is -1.63. The van der Waals surface area contributed by atoms with Gasteiger partial charge in [0.1, 0.15) is 0 Å². The van der Waals surface area contributed by atoms with Gasteiger partial charge in [0.2, 0.25) is 0 Å². The Morgan fingerprint density at radius 1 is 1.32 bits per heavy atom. The molecule has 0 bridgehead atoms. The average molecular weight is 466 g/mol. The van der Waals surface area contributed by atoms with Crippen LogP contribution >= 0.6 is 0 Å². The van der Waals surface area contributed by atoms with Gasteiger partial charge < -0.3 is 16.2 Å². The second-order valence-electron chi connectivity index (χ2n) is 5.86. The van der Waals surface area contributed by atoms with Gasteiger partial charge in [0.25, 0.3) is 0 Å². The van der Waals surface area contributed by atoms with Crippen molar-refractivity contribution in [3.63, 3.8) is 0 Å². The van der Waals surface area contributed by atoms with Crippen LogP contribution in [0, 0.1) is 22.2 Å². The molecule has 0 spiro atoms. The van der Waals surface area contributed by atoms with E-state index in [1.54, 1.807) is 0 Å². The van der Waals surface area contributed by atoms with Crippen molar-refractivity contribution < 1.29 is 24.1 Å². The fraction of sp³-hybridized carbons (Fsp3) is 0.846. The zero-order chi connectivity index (χ0) is 15.5. The number of nitrogens with zero attached hydrogens (tertiary/aromatic N) is 2. The molecule has 0 aromatic rings. The second kappa shape index (κ2) is 10.8. The van der Waals surface area contributed by atoms with E-state index in [1.165, 1.54) is 19.6 Å². The predicted octanol–water partition coefficient (Wildman–Crippen LogP) is 3.35. The van der Waals surface area contributed by atoms with E-state index in [1.807, 2.05) is 0 Å². The van der Waals surface area contributed by atoms with Crippen LogP contribution in [0.2, 0.25) is 18.1 Å². The number of nitrogens with one attached hydrogen (secondary N) is 1. The van der Waals surface area contributed by atoms with Gasteiger partial charge in [-0.25, -0.2) is 0 Å². The van der Waals surface area contributed by atoms with E-state index in [-0.39, 0.29) is 5.04 Å². The van der Waals surface area contributed by atoms with Crippen molar-refractivity contribution >= 4 is 8.32 Å². The topological polar surface area (TPSA) is 60.1 Å².